The number of ether oxygens (including phenoxy) is 2. The lowest BCUT2D eigenvalue weighted by Gasteiger charge is -2.43. The molecule has 0 fully saturated rings. The molecule has 0 spiro atoms. The van der Waals surface area contributed by atoms with Crippen LogP contribution >= 0.6 is 0 Å². The number of nitrogens with zero attached hydrogens (tertiary/aromatic N) is 1. The van der Waals surface area contributed by atoms with Gasteiger partial charge in [-0.05, 0) is 40.4 Å². The lowest BCUT2D eigenvalue weighted by atomic mass is 9.85. The van der Waals surface area contributed by atoms with Crippen molar-refractivity contribution in [1.82, 2.24) is 4.90 Å². The number of methoxy groups -OCH3 is 1. The molecule has 0 bridgehead atoms. The van der Waals surface area contributed by atoms with E-state index in [1.165, 1.54) is 19.0 Å². The minimum Gasteiger partial charge on any atom is -0.397 e. The summed E-state index contributed by atoms with van der Waals surface area (Å²) in [5.41, 5.74) is -3.37. The largest absolute Gasteiger partial charge is 0.472 e. The van der Waals surface area contributed by atoms with Crippen molar-refractivity contribution in [2.45, 2.75) is 49.2 Å². The summed E-state index contributed by atoms with van der Waals surface area (Å²) in [4.78, 5) is 1.43. The van der Waals surface area contributed by atoms with Gasteiger partial charge in [0.15, 0.2) is 0 Å². The fraction of sp³-hybridized carbons (Fsp3) is 0.857. The van der Waals surface area contributed by atoms with Gasteiger partial charge in [-0.1, -0.05) is 0 Å². The first-order chi connectivity index (χ1) is 12.3. The average molecular weight is 441 g/mol. The summed E-state index contributed by atoms with van der Waals surface area (Å²) < 4.78 is 153. The molecule has 0 aromatic carbocycles. The summed E-state index contributed by atoms with van der Waals surface area (Å²) >= 11 is 0. The average Bonchev–Trinajstić information content (AvgIpc) is 2.52. The monoisotopic (exact) mass is 441 g/mol. The first-order valence-corrected chi connectivity index (χ1v) is 7.41. The molecule has 1 unspecified atom stereocenters. The van der Waals surface area contributed by atoms with E-state index in [9.17, 15) is 48.3 Å². The van der Waals surface area contributed by atoms with Gasteiger partial charge in [0.25, 0.3) is 0 Å². The number of alkyl halides is 8. The molecule has 0 saturated heterocycles. The van der Waals surface area contributed by atoms with Crippen molar-refractivity contribution in [3.05, 3.63) is 12.1 Å². The zero-order valence-corrected chi connectivity index (χ0v) is 15.0. The van der Waals surface area contributed by atoms with Gasteiger partial charge >= 0.3 is 36.0 Å². The van der Waals surface area contributed by atoms with Crippen LogP contribution in [0.5, 0.6) is 0 Å². The Morgan fingerprint density at radius 3 is 1.64 bits per heavy atom. The van der Waals surface area contributed by atoms with Gasteiger partial charge in [-0.2, -0.15) is 48.3 Å². The van der Waals surface area contributed by atoms with Crippen LogP contribution in [0.3, 0.4) is 0 Å². The van der Waals surface area contributed by atoms with Gasteiger partial charge in [-0.3, -0.25) is 0 Å². The second-order valence-electron chi connectivity index (χ2n) is 6.22. The number of hydrogen-bond acceptors (Lipinski definition) is 3. The van der Waals surface area contributed by atoms with Crippen LogP contribution < -0.4 is 0 Å². The molecule has 28 heavy (non-hydrogen) atoms. The van der Waals surface area contributed by atoms with Crippen molar-refractivity contribution in [3.8, 4) is 0 Å². The molecule has 0 aliphatic rings. The minimum absolute atomic E-state index is 0.0298. The van der Waals surface area contributed by atoms with Gasteiger partial charge in [-0.15, -0.1) is 0 Å². The molecule has 0 aromatic rings. The first-order valence-electron chi connectivity index (χ1n) is 7.41. The van der Waals surface area contributed by atoms with Crippen molar-refractivity contribution in [1.29, 1.82) is 0 Å². The van der Waals surface area contributed by atoms with Crippen molar-refractivity contribution in [2.75, 3.05) is 27.7 Å². The highest BCUT2D eigenvalue weighted by molar-refractivity contribution is 5.09. The normalized spacial score (nSPS) is 16.1. The van der Waals surface area contributed by atoms with Gasteiger partial charge < -0.3 is 14.4 Å². The fourth-order valence-corrected chi connectivity index (χ4v) is 2.05. The van der Waals surface area contributed by atoms with E-state index < -0.39 is 48.0 Å². The van der Waals surface area contributed by atoms with E-state index in [4.69, 9.17) is 0 Å². The molecule has 0 aliphatic carbocycles. The van der Waals surface area contributed by atoms with E-state index in [-0.39, 0.29) is 19.9 Å². The maximum atomic E-state index is 14.3. The van der Waals surface area contributed by atoms with Crippen LogP contribution in [-0.4, -0.2) is 62.1 Å². The van der Waals surface area contributed by atoms with Crippen LogP contribution in [0.1, 0.15) is 19.8 Å². The smallest absolute Gasteiger partial charge is 0.397 e. The van der Waals surface area contributed by atoms with Crippen LogP contribution in [0.4, 0.5) is 48.3 Å². The van der Waals surface area contributed by atoms with Crippen molar-refractivity contribution < 1.29 is 57.8 Å². The van der Waals surface area contributed by atoms with Gasteiger partial charge in [0.1, 0.15) is 5.60 Å². The van der Waals surface area contributed by atoms with E-state index in [1.54, 1.807) is 0 Å². The Morgan fingerprint density at radius 2 is 1.29 bits per heavy atom. The summed E-state index contributed by atoms with van der Waals surface area (Å²) in [5.74, 6) is -19.9. The molecule has 0 aromatic heterocycles. The number of rotatable bonds is 11. The summed E-state index contributed by atoms with van der Waals surface area (Å²) in [5, 5.41) is 0. The third-order valence-corrected chi connectivity index (χ3v) is 3.89. The van der Waals surface area contributed by atoms with Crippen LogP contribution in [-0.2, 0) is 9.47 Å². The molecule has 14 heteroatoms. The molecule has 0 N–H and O–H groups in total. The lowest BCUT2D eigenvalue weighted by molar-refractivity contribution is -0.438. The number of hydrogen-bond donors (Lipinski definition) is 0. The Morgan fingerprint density at radius 1 is 0.821 bits per heavy atom. The lowest BCUT2D eigenvalue weighted by Crippen LogP contribution is -2.69. The molecule has 168 valence electrons. The van der Waals surface area contributed by atoms with Crippen molar-refractivity contribution >= 4 is 0 Å². The molecule has 1 atom stereocenters. The first kappa shape index (κ1) is 26.7. The zero-order valence-electron chi connectivity index (χ0n) is 15.0. The molecule has 0 aliphatic heterocycles. The standard InChI is InChI=1S/C14H18F11NO2/c1-10(27-4,6-5-7-26(2)3)11(18,19)12(20,21)13(22,23)14(24,25)28-9(17)8(15)16/h5-7H2,1-4H3. The Hall–Kier alpha value is -1.31. The highest BCUT2D eigenvalue weighted by Gasteiger charge is 2.85. The van der Waals surface area contributed by atoms with E-state index >= 15 is 0 Å². The molecular formula is C14H18F11NO2. The molecule has 0 amide bonds. The van der Waals surface area contributed by atoms with Crippen molar-refractivity contribution in [3.63, 3.8) is 0 Å². The van der Waals surface area contributed by atoms with Gasteiger partial charge in [0.2, 0.25) is 0 Å². The predicted octanol–water partition coefficient (Wildman–Crippen LogP) is 5.28. The predicted molar refractivity (Wildman–Crippen MR) is 74.4 cm³/mol. The van der Waals surface area contributed by atoms with E-state index in [0.29, 0.717) is 7.11 Å². The highest BCUT2D eigenvalue weighted by Crippen LogP contribution is 2.57. The summed E-state index contributed by atoms with van der Waals surface area (Å²) in [6.07, 6.45) is -11.7. The SMILES string of the molecule is COC(C)(CCCN(C)C)C(F)(F)C(F)(F)C(F)(F)C(F)(F)OC(F)=C(F)F. The maximum Gasteiger partial charge on any atom is 0.472 e. The number of halogens is 11. The molecule has 0 saturated carbocycles. The maximum absolute atomic E-state index is 14.3. The topological polar surface area (TPSA) is 21.7 Å². The third-order valence-electron chi connectivity index (χ3n) is 3.89. The Balaban J connectivity index is 6.03. The van der Waals surface area contributed by atoms with Crippen molar-refractivity contribution in [2.24, 2.45) is 0 Å². The minimum atomic E-state index is -7.10. The Bertz CT molecular complexity index is 561. The molecular weight excluding hydrogens is 423 g/mol. The second-order valence-corrected chi connectivity index (χ2v) is 6.22. The highest BCUT2D eigenvalue weighted by atomic mass is 19.4. The summed E-state index contributed by atoms with van der Waals surface area (Å²) in [6.45, 7) is 0.315. The summed E-state index contributed by atoms with van der Waals surface area (Å²) in [7, 11) is 3.43. The van der Waals surface area contributed by atoms with Crippen LogP contribution in [0.15, 0.2) is 12.1 Å². The van der Waals surface area contributed by atoms with Gasteiger partial charge in [0.05, 0.1) is 0 Å². The molecule has 3 nitrogen and oxygen atoms in total. The Kier molecular flexibility index (Phi) is 8.19. The van der Waals surface area contributed by atoms with E-state index in [0.717, 1.165) is 0 Å². The summed E-state index contributed by atoms with van der Waals surface area (Å²) in [6, 6.07) is -3.62. The second kappa shape index (κ2) is 8.59. The quantitative estimate of drug-likeness (QED) is 0.322. The zero-order chi connectivity index (χ0) is 22.8. The van der Waals surface area contributed by atoms with Gasteiger partial charge in [0, 0.05) is 7.11 Å². The van der Waals surface area contributed by atoms with E-state index in [2.05, 4.69) is 9.47 Å². The Labute approximate surface area is 153 Å². The molecule has 0 rings (SSSR count). The van der Waals surface area contributed by atoms with Crippen LogP contribution in [0.25, 0.3) is 0 Å². The molecule has 0 radical (unpaired) electrons. The molecule has 0 heterocycles. The third kappa shape index (κ3) is 4.81. The van der Waals surface area contributed by atoms with E-state index in [1.807, 2.05) is 0 Å². The van der Waals surface area contributed by atoms with Crippen LogP contribution in [0.2, 0.25) is 0 Å². The van der Waals surface area contributed by atoms with Gasteiger partial charge in [-0.25, -0.2) is 0 Å². The fourth-order valence-electron chi connectivity index (χ4n) is 2.05. The van der Waals surface area contributed by atoms with Crippen LogP contribution in [0, 0.1) is 0 Å².